The molecule has 0 saturated carbocycles. The van der Waals surface area contributed by atoms with Crippen molar-refractivity contribution in [2.45, 2.75) is 4.90 Å². The van der Waals surface area contributed by atoms with Crippen LogP contribution in [0.2, 0.25) is 0 Å². The monoisotopic (exact) mass is 402 g/mol. The lowest BCUT2D eigenvalue weighted by Gasteiger charge is -2.11. The summed E-state index contributed by atoms with van der Waals surface area (Å²) in [6, 6.07) is 14.2. The van der Waals surface area contributed by atoms with Crippen molar-refractivity contribution >= 4 is 15.8 Å². The largest absolute Gasteiger partial charge is 0.495 e. The maximum Gasteiger partial charge on any atom is 0.342 e. The lowest BCUT2D eigenvalue weighted by Crippen LogP contribution is -2.11. The number of methoxy groups -OCH3 is 1. The SMILES string of the molecule is COc1cc([N+](=O)[O-])ccc1S(=O)(=O)Oc1ccc(Oc2ccccn2)cc1. The molecule has 0 spiro atoms. The minimum Gasteiger partial charge on any atom is -0.495 e. The second-order valence-electron chi connectivity index (χ2n) is 5.37. The highest BCUT2D eigenvalue weighted by atomic mass is 32.2. The predicted molar refractivity (Wildman–Crippen MR) is 98.2 cm³/mol. The Bertz CT molecular complexity index is 1080. The van der Waals surface area contributed by atoms with Crippen LogP contribution in [0.5, 0.6) is 23.1 Å². The molecule has 0 atom stereocenters. The van der Waals surface area contributed by atoms with Gasteiger partial charge in [0.2, 0.25) is 5.88 Å². The number of nitrogens with zero attached hydrogens (tertiary/aromatic N) is 2. The Balaban J connectivity index is 1.80. The summed E-state index contributed by atoms with van der Waals surface area (Å²) < 4.78 is 40.6. The van der Waals surface area contributed by atoms with Crippen molar-refractivity contribution in [3.8, 4) is 23.1 Å². The highest BCUT2D eigenvalue weighted by molar-refractivity contribution is 7.87. The van der Waals surface area contributed by atoms with E-state index < -0.39 is 15.0 Å². The molecular formula is C18H14N2O7S. The minimum absolute atomic E-state index is 0.0359. The molecule has 144 valence electrons. The average molecular weight is 402 g/mol. The van der Waals surface area contributed by atoms with Gasteiger partial charge in [-0.05, 0) is 36.4 Å². The molecule has 3 rings (SSSR count). The molecule has 9 nitrogen and oxygen atoms in total. The summed E-state index contributed by atoms with van der Waals surface area (Å²) in [5.74, 6) is 0.675. The fraction of sp³-hybridized carbons (Fsp3) is 0.0556. The number of hydrogen-bond donors (Lipinski definition) is 0. The zero-order valence-electron chi connectivity index (χ0n) is 14.5. The van der Waals surface area contributed by atoms with Crippen LogP contribution in [0, 0.1) is 10.1 Å². The number of non-ortho nitro benzene ring substituents is 1. The Morgan fingerprint density at radius 2 is 1.71 bits per heavy atom. The summed E-state index contributed by atoms with van der Waals surface area (Å²) in [4.78, 5) is 13.9. The van der Waals surface area contributed by atoms with Gasteiger partial charge in [0.25, 0.3) is 5.69 Å². The van der Waals surface area contributed by atoms with Crippen LogP contribution in [0.1, 0.15) is 0 Å². The van der Waals surface area contributed by atoms with E-state index in [1.165, 1.54) is 31.4 Å². The van der Waals surface area contributed by atoms with Crippen molar-refractivity contribution in [3.05, 3.63) is 77.0 Å². The van der Waals surface area contributed by atoms with E-state index in [4.69, 9.17) is 13.7 Å². The average Bonchev–Trinajstić information content (AvgIpc) is 2.69. The number of nitro groups is 1. The van der Waals surface area contributed by atoms with Crippen molar-refractivity contribution in [1.29, 1.82) is 0 Å². The summed E-state index contributed by atoms with van der Waals surface area (Å²) in [7, 11) is -3.06. The number of pyridine rings is 1. The third-order valence-corrected chi connectivity index (χ3v) is 4.81. The second kappa shape index (κ2) is 7.92. The van der Waals surface area contributed by atoms with Gasteiger partial charge in [-0.3, -0.25) is 10.1 Å². The van der Waals surface area contributed by atoms with E-state index in [0.717, 1.165) is 18.2 Å². The molecule has 10 heteroatoms. The summed E-state index contributed by atoms with van der Waals surface area (Å²) in [5, 5.41) is 10.8. The summed E-state index contributed by atoms with van der Waals surface area (Å²) in [6.07, 6.45) is 1.58. The summed E-state index contributed by atoms with van der Waals surface area (Å²) >= 11 is 0. The van der Waals surface area contributed by atoms with Gasteiger partial charge in [0.05, 0.1) is 18.1 Å². The van der Waals surface area contributed by atoms with Gasteiger partial charge in [-0.15, -0.1) is 0 Å². The second-order valence-corrected chi connectivity index (χ2v) is 6.89. The van der Waals surface area contributed by atoms with Crippen molar-refractivity contribution < 1.29 is 27.0 Å². The molecule has 0 unspecified atom stereocenters. The Morgan fingerprint density at radius 1 is 1.00 bits per heavy atom. The van der Waals surface area contributed by atoms with Crippen molar-refractivity contribution in [2.24, 2.45) is 0 Å². The van der Waals surface area contributed by atoms with E-state index in [1.807, 2.05) is 0 Å². The third-order valence-electron chi connectivity index (χ3n) is 3.52. The molecular weight excluding hydrogens is 388 g/mol. The van der Waals surface area contributed by atoms with E-state index in [1.54, 1.807) is 24.4 Å². The predicted octanol–water partition coefficient (Wildman–Crippen LogP) is 3.56. The fourth-order valence-electron chi connectivity index (χ4n) is 2.24. The molecule has 0 saturated heterocycles. The van der Waals surface area contributed by atoms with Crippen molar-refractivity contribution in [1.82, 2.24) is 4.98 Å². The number of benzene rings is 2. The first-order valence-corrected chi connectivity index (χ1v) is 9.26. The van der Waals surface area contributed by atoms with Crippen LogP contribution in [0.3, 0.4) is 0 Å². The lowest BCUT2D eigenvalue weighted by atomic mass is 10.3. The van der Waals surface area contributed by atoms with E-state index in [9.17, 15) is 18.5 Å². The molecule has 0 N–H and O–H groups in total. The summed E-state index contributed by atoms with van der Waals surface area (Å²) in [6.45, 7) is 0. The Morgan fingerprint density at radius 3 is 2.32 bits per heavy atom. The molecule has 0 aliphatic carbocycles. The van der Waals surface area contributed by atoms with Crippen LogP contribution in [-0.4, -0.2) is 25.4 Å². The molecule has 28 heavy (non-hydrogen) atoms. The van der Waals surface area contributed by atoms with Gasteiger partial charge in [-0.1, -0.05) is 6.07 Å². The summed E-state index contributed by atoms with van der Waals surface area (Å²) in [5.41, 5.74) is -0.299. The van der Waals surface area contributed by atoms with Gasteiger partial charge in [-0.2, -0.15) is 8.42 Å². The van der Waals surface area contributed by atoms with Crippen LogP contribution in [-0.2, 0) is 10.1 Å². The van der Waals surface area contributed by atoms with Crippen LogP contribution in [0.15, 0.2) is 71.8 Å². The smallest absolute Gasteiger partial charge is 0.342 e. The molecule has 2 aromatic carbocycles. The van der Waals surface area contributed by atoms with Crippen LogP contribution < -0.4 is 13.7 Å². The molecule has 0 aliphatic rings. The van der Waals surface area contributed by atoms with Crippen LogP contribution in [0.4, 0.5) is 5.69 Å². The third kappa shape index (κ3) is 4.35. The first-order chi connectivity index (χ1) is 13.4. The number of aromatic nitrogens is 1. The zero-order valence-corrected chi connectivity index (χ0v) is 15.3. The van der Waals surface area contributed by atoms with E-state index in [0.29, 0.717) is 11.6 Å². The zero-order chi connectivity index (χ0) is 20.1. The molecule has 0 bridgehead atoms. The molecule has 0 amide bonds. The van der Waals surface area contributed by atoms with Gasteiger partial charge < -0.3 is 13.7 Å². The molecule has 1 aromatic heterocycles. The normalized spacial score (nSPS) is 10.9. The van der Waals surface area contributed by atoms with E-state index in [2.05, 4.69) is 4.98 Å². The Labute approximate surface area is 160 Å². The fourth-order valence-corrected chi connectivity index (χ4v) is 3.32. The molecule has 0 aliphatic heterocycles. The van der Waals surface area contributed by atoms with Gasteiger partial charge >= 0.3 is 10.1 Å². The lowest BCUT2D eigenvalue weighted by molar-refractivity contribution is -0.385. The van der Waals surface area contributed by atoms with Crippen molar-refractivity contribution in [2.75, 3.05) is 7.11 Å². The maximum atomic E-state index is 12.5. The maximum absolute atomic E-state index is 12.5. The van der Waals surface area contributed by atoms with Gasteiger partial charge in [0, 0.05) is 18.3 Å². The quantitative estimate of drug-likeness (QED) is 0.334. The number of nitro benzene ring substituents is 1. The number of hydrogen-bond acceptors (Lipinski definition) is 8. The standard InChI is InChI=1S/C18H14N2O7S/c1-25-16-12-13(20(21)22)5-10-17(16)28(23,24)27-15-8-6-14(7-9-15)26-18-4-2-3-11-19-18/h2-12H,1H3. The van der Waals surface area contributed by atoms with Crippen LogP contribution in [0.25, 0.3) is 0 Å². The minimum atomic E-state index is -4.27. The van der Waals surface area contributed by atoms with Crippen LogP contribution >= 0.6 is 0 Å². The Kier molecular flexibility index (Phi) is 5.41. The van der Waals surface area contributed by atoms with Gasteiger partial charge in [0.15, 0.2) is 0 Å². The van der Waals surface area contributed by atoms with E-state index >= 15 is 0 Å². The molecule has 1 heterocycles. The highest BCUT2D eigenvalue weighted by Gasteiger charge is 2.24. The van der Waals surface area contributed by atoms with Gasteiger partial charge in [-0.25, -0.2) is 4.98 Å². The van der Waals surface area contributed by atoms with Gasteiger partial charge in [0.1, 0.15) is 22.1 Å². The molecule has 0 radical (unpaired) electrons. The highest BCUT2D eigenvalue weighted by Crippen LogP contribution is 2.31. The van der Waals surface area contributed by atoms with E-state index in [-0.39, 0.29) is 22.1 Å². The molecule has 3 aromatic rings. The topological polar surface area (TPSA) is 118 Å². The Hall–Kier alpha value is -3.66. The first-order valence-electron chi connectivity index (χ1n) is 7.85. The number of ether oxygens (including phenoxy) is 2. The molecule has 0 fully saturated rings. The first kappa shape index (κ1) is 19.1. The van der Waals surface area contributed by atoms with Crippen molar-refractivity contribution in [3.63, 3.8) is 0 Å². The number of rotatable bonds is 7.